The molecule has 3 heteroatoms. The van der Waals surface area contributed by atoms with Gasteiger partial charge in [0, 0.05) is 13.2 Å². The second-order valence-corrected chi connectivity index (χ2v) is 4.81. The second-order valence-electron chi connectivity index (χ2n) is 4.81. The fourth-order valence-corrected chi connectivity index (χ4v) is 2.56. The van der Waals surface area contributed by atoms with E-state index >= 15 is 0 Å². The minimum Gasteiger partial charge on any atom is -0.382 e. The summed E-state index contributed by atoms with van der Waals surface area (Å²) < 4.78 is 5.31. The summed E-state index contributed by atoms with van der Waals surface area (Å²) in [7, 11) is 1.77. The Hall–Kier alpha value is -0.120. The van der Waals surface area contributed by atoms with E-state index in [2.05, 4.69) is 12.3 Å². The van der Waals surface area contributed by atoms with Crippen LogP contribution in [0.2, 0.25) is 0 Å². The van der Waals surface area contributed by atoms with Crippen molar-refractivity contribution in [1.29, 1.82) is 0 Å². The van der Waals surface area contributed by atoms with E-state index in [1.165, 1.54) is 38.5 Å². The van der Waals surface area contributed by atoms with Crippen LogP contribution >= 0.6 is 0 Å². The van der Waals surface area contributed by atoms with E-state index < -0.39 is 0 Å². The SMILES string of the molecule is COC(C)CC(NN)C1CCCCCC1. The van der Waals surface area contributed by atoms with Gasteiger partial charge >= 0.3 is 0 Å². The molecule has 3 nitrogen and oxygen atoms in total. The number of rotatable bonds is 5. The van der Waals surface area contributed by atoms with Crippen LogP contribution in [0, 0.1) is 5.92 Å². The van der Waals surface area contributed by atoms with Crippen LogP contribution in [0.1, 0.15) is 51.9 Å². The van der Waals surface area contributed by atoms with Crippen molar-refractivity contribution in [1.82, 2.24) is 5.43 Å². The van der Waals surface area contributed by atoms with Crippen molar-refractivity contribution in [2.24, 2.45) is 11.8 Å². The number of hydrazine groups is 1. The van der Waals surface area contributed by atoms with E-state index in [1.807, 2.05) is 0 Å². The maximum Gasteiger partial charge on any atom is 0.0558 e. The predicted octanol–water partition coefficient (Wildman–Crippen LogP) is 2.21. The molecule has 0 radical (unpaired) electrons. The third kappa shape index (κ3) is 4.49. The summed E-state index contributed by atoms with van der Waals surface area (Å²) in [6.07, 6.45) is 9.50. The van der Waals surface area contributed by atoms with Crippen LogP contribution in [0.5, 0.6) is 0 Å². The zero-order valence-corrected chi connectivity index (χ0v) is 10.2. The number of nitrogens with two attached hydrogens (primary N) is 1. The lowest BCUT2D eigenvalue weighted by molar-refractivity contribution is 0.0900. The van der Waals surface area contributed by atoms with Gasteiger partial charge in [-0.2, -0.15) is 0 Å². The van der Waals surface area contributed by atoms with Crippen molar-refractivity contribution in [2.75, 3.05) is 7.11 Å². The Kier molecular flexibility index (Phi) is 6.22. The molecule has 0 spiro atoms. The molecule has 0 aliphatic heterocycles. The Labute approximate surface area is 93.7 Å². The van der Waals surface area contributed by atoms with Crippen LogP contribution in [0.25, 0.3) is 0 Å². The number of hydrogen-bond donors (Lipinski definition) is 2. The number of nitrogens with one attached hydrogen (secondary N) is 1. The van der Waals surface area contributed by atoms with Gasteiger partial charge in [0.05, 0.1) is 6.10 Å². The molecule has 0 saturated heterocycles. The van der Waals surface area contributed by atoms with E-state index in [0.29, 0.717) is 12.1 Å². The Morgan fingerprint density at radius 1 is 1.27 bits per heavy atom. The molecule has 0 heterocycles. The Morgan fingerprint density at radius 3 is 2.33 bits per heavy atom. The summed E-state index contributed by atoms with van der Waals surface area (Å²) >= 11 is 0. The van der Waals surface area contributed by atoms with Crippen LogP contribution in [-0.2, 0) is 4.74 Å². The molecule has 3 N–H and O–H groups in total. The molecule has 1 aliphatic carbocycles. The van der Waals surface area contributed by atoms with Crippen LogP contribution in [0.4, 0.5) is 0 Å². The van der Waals surface area contributed by atoms with Crippen LogP contribution < -0.4 is 11.3 Å². The fourth-order valence-electron chi connectivity index (χ4n) is 2.56. The van der Waals surface area contributed by atoms with Crippen molar-refractivity contribution in [3.05, 3.63) is 0 Å². The van der Waals surface area contributed by atoms with E-state index in [1.54, 1.807) is 7.11 Å². The summed E-state index contributed by atoms with van der Waals surface area (Å²) in [6.45, 7) is 2.11. The van der Waals surface area contributed by atoms with Gasteiger partial charge in [0.2, 0.25) is 0 Å². The van der Waals surface area contributed by atoms with Gasteiger partial charge < -0.3 is 4.74 Å². The van der Waals surface area contributed by atoms with Crippen LogP contribution in [0.3, 0.4) is 0 Å². The summed E-state index contributed by atoms with van der Waals surface area (Å²) in [5.41, 5.74) is 2.98. The molecule has 1 aliphatic rings. The van der Waals surface area contributed by atoms with Gasteiger partial charge in [-0.15, -0.1) is 0 Å². The van der Waals surface area contributed by atoms with Gasteiger partial charge in [-0.05, 0) is 32.1 Å². The summed E-state index contributed by atoms with van der Waals surface area (Å²) in [5, 5.41) is 0. The molecule has 90 valence electrons. The molecule has 1 saturated carbocycles. The quantitative estimate of drug-likeness (QED) is 0.419. The largest absolute Gasteiger partial charge is 0.382 e. The molecule has 0 aromatic rings. The van der Waals surface area contributed by atoms with Crippen LogP contribution in [-0.4, -0.2) is 19.3 Å². The standard InChI is InChI=1S/C12H26N2O/c1-10(15-2)9-12(14-13)11-7-5-3-4-6-8-11/h10-12,14H,3-9,13H2,1-2H3. The zero-order chi connectivity index (χ0) is 11.1. The summed E-state index contributed by atoms with van der Waals surface area (Å²) in [5.74, 6) is 6.40. The van der Waals surface area contributed by atoms with Crippen molar-refractivity contribution >= 4 is 0 Å². The van der Waals surface area contributed by atoms with Gasteiger partial charge in [0.25, 0.3) is 0 Å². The monoisotopic (exact) mass is 214 g/mol. The van der Waals surface area contributed by atoms with Crippen LogP contribution in [0.15, 0.2) is 0 Å². The second kappa shape index (κ2) is 7.20. The Bertz CT molecular complexity index is 156. The van der Waals surface area contributed by atoms with E-state index in [4.69, 9.17) is 10.6 Å². The third-order valence-corrected chi connectivity index (χ3v) is 3.67. The minimum absolute atomic E-state index is 0.300. The van der Waals surface area contributed by atoms with E-state index in [-0.39, 0.29) is 0 Å². The molecule has 2 unspecified atom stereocenters. The van der Waals surface area contributed by atoms with Gasteiger partial charge in [-0.25, -0.2) is 0 Å². The zero-order valence-electron chi connectivity index (χ0n) is 10.2. The molecule has 2 atom stereocenters. The molecular weight excluding hydrogens is 188 g/mol. The van der Waals surface area contributed by atoms with Gasteiger partial charge in [-0.3, -0.25) is 11.3 Å². The topological polar surface area (TPSA) is 47.3 Å². The van der Waals surface area contributed by atoms with Gasteiger partial charge in [0.1, 0.15) is 0 Å². The molecule has 0 amide bonds. The highest BCUT2D eigenvalue weighted by atomic mass is 16.5. The van der Waals surface area contributed by atoms with E-state index in [9.17, 15) is 0 Å². The number of methoxy groups -OCH3 is 1. The maximum atomic E-state index is 5.65. The van der Waals surface area contributed by atoms with E-state index in [0.717, 1.165) is 12.3 Å². The van der Waals surface area contributed by atoms with Gasteiger partial charge in [0.15, 0.2) is 0 Å². The van der Waals surface area contributed by atoms with Crippen molar-refractivity contribution in [3.63, 3.8) is 0 Å². The first kappa shape index (κ1) is 12.9. The fraction of sp³-hybridized carbons (Fsp3) is 1.00. The summed E-state index contributed by atoms with van der Waals surface area (Å²) in [4.78, 5) is 0. The first-order chi connectivity index (χ1) is 7.27. The minimum atomic E-state index is 0.300. The lowest BCUT2D eigenvalue weighted by Crippen LogP contribution is -2.42. The number of hydrogen-bond acceptors (Lipinski definition) is 3. The third-order valence-electron chi connectivity index (χ3n) is 3.67. The molecule has 1 rings (SSSR count). The average Bonchev–Trinajstić information content (AvgIpc) is 2.54. The summed E-state index contributed by atoms with van der Waals surface area (Å²) in [6, 6.07) is 0.429. The maximum absolute atomic E-state index is 5.65. The Morgan fingerprint density at radius 2 is 1.87 bits per heavy atom. The Balaban J connectivity index is 2.40. The molecule has 0 bridgehead atoms. The van der Waals surface area contributed by atoms with Crippen molar-refractivity contribution in [2.45, 2.75) is 64.0 Å². The first-order valence-corrected chi connectivity index (χ1v) is 6.26. The molecule has 0 aromatic heterocycles. The predicted molar refractivity (Wildman–Crippen MR) is 63.4 cm³/mol. The molecule has 1 fully saturated rings. The average molecular weight is 214 g/mol. The smallest absolute Gasteiger partial charge is 0.0558 e. The lowest BCUT2D eigenvalue weighted by atomic mass is 9.89. The highest BCUT2D eigenvalue weighted by Crippen LogP contribution is 2.27. The molecular formula is C12H26N2O. The molecule has 0 aromatic carbocycles. The normalized spacial score (nSPS) is 23.4. The first-order valence-electron chi connectivity index (χ1n) is 6.26. The molecule has 15 heavy (non-hydrogen) atoms. The lowest BCUT2D eigenvalue weighted by Gasteiger charge is -2.27. The number of ether oxygens (including phenoxy) is 1. The highest BCUT2D eigenvalue weighted by molar-refractivity contribution is 4.78. The van der Waals surface area contributed by atoms with Crippen molar-refractivity contribution in [3.8, 4) is 0 Å². The highest BCUT2D eigenvalue weighted by Gasteiger charge is 2.23. The van der Waals surface area contributed by atoms with Gasteiger partial charge in [-0.1, -0.05) is 25.7 Å². The van der Waals surface area contributed by atoms with Crippen molar-refractivity contribution < 1.29 is 4.74 Å².